The summed E-state index contributed by atoms with van der Waals surface area (Å²) in [5.74, 6) is 0. The maximum absolute atomic E-state index is 9.62. The molecule has 0 aromatic carbocycles. The summed E-state index contributed by atoms with van der Waals surface area (Å²) in [4.78, 5) is 0. The van der Waals surface area contributed by atoms with Crippen molar-refractivity contribution in [1.29, 1.82) is 0 Å². The van der Waals surface area contributed by atoms with Crippen LogP contribution in [0.1, 0.15) is 32.1 Å². The number of hydrogen-bond donors (Lipinski definition) is 1. The molecule has 1 aliphatic rings. The SMILES string of the molecule is COCCOCC(O)CCCC1CCCO1. The van der Waals surface area contributed by atoms with Gasteiger partial charge in [0.05, 0.1) is 32.0 Å². The Kier molecular flexibility index (Phi) is 7.76. The van der Waals surface area contributed by atoms with Crippen LogP contribution in [0.5, 0.6) is 0 Å². The van der Waals surface area contributed by atoms with Gasteiger partial charge in [-0.1, -0.05) is 0 Å². The topological polar surface area (TPSA) is 47.9 Å². The molecule has 96 valence electrons. The quantitative estimate of drug-likeness (QED) is 0.610. The average Bonchev–Trinajstić information content (AvgIpc) is 2.77. The molecule has 1 saturated heterocycles. The second-order valence-corrected chi connectivity index (χ2v) is 4.29. The van der Waals surface area contributed by atoms with E-state index in [0.717, 1.165) is 25.9 Å². The number of hydrogen-bond acceptors (Lipinski definition) is 4. The molecule has 1 aliphatic heterocycles. The number of aliphatic hydroxyl groups excluding tert-OH is 1. The van der Waals surface area contributed by atoms with E-state index in [1.165, 1.54) is 12.8 Å². The first kappa shape index (κ1) is 13.9. The monoisotopic (exact) mass is 232 g/mol. The summed E-state index contributed by atoms with van der Waals surface area (Å²) in [6, 6.07) is 0. The van der Waals surface area contributed by atoms with E-state index in [4.69, 9.17) is 14.2 Å². The Morgan fingerprint density at radius 2 is 2.31 bits per heavy atom. The predicted octanol–water partition coefficient (Wildman–Crippen LogP) is 1.36. The molecule has 0 aromatic rings. The van der Waals surface area contributed by atoms with Crippen LogP contribution in [0.2, 0.25) is 0 Å². The van der Waals surface area contributed by atoms with Crippen molar-refractivity contribution in [2.24, 2.45) is 0 Å². The Morgan fingerprint density at radius 1 is 1.44 bits per heavy atom. The fourth-order valence-corrected chi connectivity index (χ4v) is 1.90. The van der Waals surface area contributed by atoms with Crippen molar-refractivity contribution in [2.75, 3.05) is 33.5 Å². The van der Waals surface area contributed by atoms with Gasteiger partial charge in [0.15, 0.2) is 0 Å². The zero-order valence-corrected chi connectivity index (χ0v) is 10.2. The first-order valence-corrected chi connectivity index (χ1v) is 6.19. The average molecular weight is 232 g/mol. The molecule has 0 saturated carbocycles. The fourth-order valence-electron chi connectivity index (χ4n) is 1.90. The smallest absolute Gasteiger partial charge is 0.0773 e. The van der Waals surface area contributed by atoms with Crippen molar-refractivity contribution in [3.8, 4) is 0 Å². The first-order chi connectivity index (χ1) is 7.83. The van der Waals surface area contributed by atoms with Gasteiger partial charge in [0.1, 0.15) is 0 Å². The highest BCUT2D eigenvalue weighted by molar-refractivity contribution is 4.66. The van der Waals surface area contributed by atoms with Gasteiger partial charge >= 0.3 is 0 Å². The minimum Gasteiger partial charge on any atom is -0.391 e. The lowest BCUT2D eigenvalue weighted by Gasteiger charge is -2.13. The summed E-state index contributed by atoms with van der Waals surface area (Å²) >= 11 is 0. The minimum absolute atomic E-state index is 0.349. The molecule has 2 unspecified atom stereocenters. The van der Waals surface area contributed by atoms with E-state index in [2.05, 4.69) is 0 Å². The molecule has 4 heteroatoms. The van der Waals surface area contributed by atoms with Crippen molar-refractivity contribution in [2.45, 2.75) is 44.3 Å². The predicted molar refractivity (Wildman–Crippen MR) is 61.5 cm³/mol. The highest BCUT2D eigenvalue weighted by Crippen LogP contribution is 2.18. The molecule has 1 rings (SSSR count). The maximum atomic E-state index is 9.62. The third-order valence-electron chi connectivity index (χ3n) is 2.83. The molecule has 1 heterocycles. The third-order valence-corrected chi connectivity index (χ3v) is 2.83. The lowest BCUT2D eigenvalue weighted by Crippen LogP contribution is -2.17. The largest absolute Gasteiger partial charge is 0.391 e. The lowest BCUT2D eigenvalue weighted by atomic mass is 10.1. The molecular weight excluding hydrogens is 208 g/mol. The number of methoxy groups -OCH3 is 1. The van der Waals surface area contributed by atoms with Crippen LogP contribution < -0.4 is 0 Å². The molecule has 0 radical (unpaired) electrons. The zero-order valence-electron chi connectivity index (χ0n) is 10.2. The van der Waals surface area contributed by atoms with Gasteiger partial charge in [-0.15, -0.1) is 0 Å². The van der Waals surface area contributed by atoms with E-state index in [-0.39, 0.29) is 6.10 Å². The third kappa shape index (κ3) is 6.43. The van der Waals surface area contributed by atoms with Gasteiger partial charge in [-0.25, -0.2) is 0 Å². The van der Waals surface area contributed by atoms with Crippen molar-refractivity contribution in [1.82, 2.24) is 0 Å². The van der Waals surface area contributed by atoms with E-state index in [1.807, 2.05) is 0 Å². The Labute approximate surface area is 97.9 Å². The van der Waals surface area contributed by atoms with Crippen LogP contribution in [0.4, 0.5) is 0 Å². The van der Waals surface area contributed by atoms with E-state index in [9.17, 15) is 5.11 Å². The van der Waals surface area contributed by atoms with Crippen molar-refractivity contribution >= 4 is 0 Å². The minimum atomic E-state index is -0.349. The normalized spacial score (nSPS) is 22.5. The molecule has 4 nitrogen and oxygen atoms in total. The summed E-state index contributed by atoms with van der Waals surface area (Å²) in [7, 11) is 1.64. The van der Waals surface area contributed by atoms with Crippen LogP contribution in [0, 0.1) is 0 Å². The number of aliphatic hydroxyl groups is 1. The van der Waals surface area contributed by atoms with E-state index in [0.29, 0.717) is 25.9 Å². The molecule has 16 heavy (non-hydrogen) atoms. The summed E-state index contributed by atoms with van der Waals surface area (Å²) < 4.78 is 15.6. The number of rotatable bonds is 9. The molecule has 1 fully saturated rings. The number of ether oxygens (including phenoxy) is 3. The highest BCUT2D eigenvalue weighted by atomic mass is 16.5. The zero-order chi connectivity index (χ0) is 11.6. The van der Waals surface area contributed by atoms with Crippen molar-refractivity contribution in [3.05, 3.63) is 0 Å². The van der Waals surface area contributed by atoms with Gasteiger partial charge in [0.2, 0.25) is 0 Å². The summed E-state index contributed by atoms with van der Waals surface area (Å²) in [6.45, 7) is 2.46. The van der Waals surface area contributed by atoms with E-state index in [1.54, 1.807) is 7.11 Å². The second kappa shape index (κ2) is 8.93. The Bertz CT molecular complexity index is 157. The van der Waals surface area contributed by atoms with Gasteiger partial charge < -0.3 is 19.3 Å². The Hall–Kier alpha value is -0.160. The summed E-state index contributed by atoms with van der Waals surface area (Å²) in [6.07, 6.45) is 5.33. The van der Waals surface area contributed by atoms with E-state index >= 15 is 0 Å². The standard InChI is InChI=1S/C12H24O4/c1-14-8-9-15-10-11(13)4-2-5-12-6-3-7-16-12/h11-13H,2-10H2,1H3. The van der Waals surface area contributed by atoms with Crippen LogP contribution in [-0.4, -0.2) is 50.9 Å². The lowest BCUT2D eigenvalue weighted by molar-refractivity contribution is 0.00783. The van der Waals surface area contributed by atoms with Crippen LogP contribution in [0.25, 0.3) is 0 Å². The fraction of sp³-hybridized carbons (Fsp3) is 1.00. The van der Waals surface area contributed by atoms with Gasteiger partial charge in [-0.05, 0) is 32.1 Å². The van der Waals surface area contributed by atoms with Crippen LogP contribution in [0.15, 0.2) is 0 Å². The molecule has 0 aliphatic carbocycles. The van der Waals surface area contributed by atoms with Gasteiger partial charge in [0, 0.05) is 13.7 Å². The first-order valence-electron chi connectivity index (χ1n) is 6.19. The van der Waals surface area contributed by atoms with Crippen LogP contribution in [0.3, 0.4) is 0 Å². The molecule has 0 spiro atoms. The van der Waals surface area contributed by atoms with Gasteiger partial charge in [-0.2, -0.15) is 0 Å². The van der Waals surface area contributed by atoms with Crippen LogP contribution >= 0.6 is 0 Å². The molecule has 2 atom stereocenters. The highest BCUT2D eigenvalue weighted by Gasteiger charge is 2.15. The Morgan fingerprint density at radius 3 is 3.00 bits per heavy atom. The molecule has 0 bridgehead atoms. The van der Waals surface area contributed by atoms with Crippen molar-refractivity contribution < 1.29 is 19.3 Å². The van der Waals surface area contributed by atoms with Crippen molar-refractivity contribution in [3.63, 3.8) is 0 Å². The molecule has 0 amide bonds. The summed E-state index contributed by atoms with van der Waals surface area (Å²) in [5, 5.41) is 9.62. The second-order valence-electron chi connectivity index (χ2n) is 4.29. The Balaban J connectivity index is 1.87. The summed E-state index contributed by atoms with van der Waals surface area (Å²) in [5.41, 5.74) is 0. The molecule has 0 aromatic heterocycles. The van der Waals surface area contributed by atoms with Gasteiger partial charge in [0.25, 0.3) is 0 Å². The van der Waals surface area contributed by atoms with Gasteiger partial charge in [-0.3, -0.25) is 0 Å². The molecular formula is C12H24O4. The molecule has 1 N–H and O–H groups in total. The maximum Gasteiger partial charge on any atom is 0.0773 e. The van der Waals surface area contributed by atoms with Crippen LogP contribution in [-0.2, 0) is 14.2 Å². The van der Waals surface area contributed by atoms with E-state index < -0.39 is 0 Å².